The van der Waals surface area contributed by atoms with Crippen molar-refractivity contribution in [2.45, 2.75) is 49.8 Å². The van der Waals surface area contributed by atoms with E-state index in [1.54, 1.807) is 41.3 Å². The van der Waals surface area contributed by atoms with E-state index in [0.717, 1.165) is 11.3 Å². The van der Waals surface area contributed by atoms with Gasteiger partial charge in [0.05, 0.1) is 10.1 Å². The topological polar surface area (TPSA) is 83.6 Å². The second kappa shape index (κ2) is 8.16. The van der Waals surface area contributed by atoms with Crippen molar-refractivity contribution in [2.24, 2.45) is 0 Å². The van der Waals surface area contributed by atoms with Crippen LogP contribution in [0.25, 0.3) is 0 Å². The van der Waals surface area contributed by atoms with E-state index < -0.39 is 15.1 Å². The van der Waals surface area contributed by atoms with Crippen LogP contribution in [0.15, 0.2) is 47.4 Å². The molecule has 1 aliphatic rings. The van der Waals surface area contributed by atoms with Gasteiger partial charge in [-0.05, 0) is 68.3 Å². The van der Waals surface area contributed by atoms with Crippen LogP contribution < -0.4 is 10.2 Å². The molecule has 1 heterocycles. The highest BCUT2D eigenvalue weighted by atomic mass is 35.5. The first-order valence-corrected chi connectivity index (χ1v) is 11.2. The first-order valence-electron chi connectivity index (χ1n) is 9.31. The van der Waals surface area contributed by atoms with Gasteiger partial charge in [-0.15, -0.1) is 0 Å². The summed E-state index contributed by atoms with van der Waals surface area (Å²) in [6, 6.07) is 11.4. The van der Waals surface area contributed by atoms with Crippen molar-refractivity contribution in [2.75, 3.05) is 10.2 Å². The molecule has 1 N–H and O–H groups in total. The Hall–Kier alpha value is -2.38. The molecule has 154 valence electrons. The normalized spacial score (nSPS) is 17.0. The largest absolute Gasteiger partial charge is 0.326 e. The summed E-state index contributed by atoms with van der Waals surface area (Å²) >= 11 is 5.82. The molecule has 0 unspecified atom stereocenters. The van der Waals surface area contributed by atoms with Crippen LogP contribution in [-0.2, 0) is 25.8 Å². The van der Waals surface area contributed by atoms with Crippen LogP contribution in [0.3, 0.4) is 0 Å². The van der Waals surface area contributed by atoms with E-state index in [1.165, 1.54) is 19.9 Å². The summed E-state index contributed by atoms with van der Waals surface area (Å²) in [5.41, 5.74) is 2.13. The highest BCUT2D eigenvalue weighted by Crippen LogP contribution is 2.34. The molecule has 0 saturated heterocycles. The number of nitrogens with one attached hydrogen (secondary N) is 1. The average molecular weight is 435 g/mol. The summed E-state index contributed by atoms with van der Waals surface area (Å²) in [7, 11) is -3.70. The molecule has 0 spiro atoms. The third kappa shape index (κ3) is 4.46. The number of nitrogens with zero attached hydrogens (tertiary/aromatic N) is 1. The average Bonchev–Trinajstić information content (AvgIpc) is 2.98. The lowest BCUT2D eigenvalue weighted by Gasteiger charge is -2.20. The molecular formula is C21H23ClN2O4S. The van der Waals surface area contributed by atoms with Crippen LogP contribution in [0.5, 0.6) is 0 Å². The Balaban J connectivity index is 1.75. The zero-order chi connectivity index (χ0) is 21.3. The molecule has 2 atom stereocenters. The summed E-state index contributed by atoms with van der Waals surface area (Å²) in [4.78, 5) is 26.0. The van der Waals surface area contributed by atoms with Crippen LogP contribution in [0, 0.1) is 0 Å². The summed E-state index contributed by atoms with van der Waals surface area (Å²) in [6.07, 6.45) is 0.432. The molecule has 1 aliphatic heterocycles. The molecule has 0 saturated carbocycles. The SMILES string of the molecule is CC(=O)N1c2ccc(S(=O)(=O)[C@H](C)CC(=O)Nc3ccc(Cl)cc3)cc2C[C@H]1C. The van der Waals surface area contributed by atoms with Gasteiger partial charge < -0.3 is 10.2 Å². The lowest BCUT2D eigenvalue weighted by Crippen LogP contribution is -2.33. The van der Waals surface area contributed by atoms with Gasteiger partial charge in [0.1, 0.15) is 0 Å². The fraction of sp³-hybridized carbons (Fsp3) is 0.333. The number of benzene rings is 2. The molecule has 6 nitrogen and oxygen atoms in total. The van der Waals surface area contributed by atoms with Gasteiger partial charge in [-0.2, -0.15) is 0 Å². The molecule has 0 aliphatic carbocycles. The maximum absolute atomic E-state index is 13.0. The summed E-state index contributed by atoms with van der Waals surface area (Å²) in [6.45, 7) is 4.95. The molecular weight excluding hydrogens is 412 g/mol. The fourth-order valence-corrected chi connectivity index (χ4v) is 5.14. The smallest absolute Gasteiger partial charge is 0.225 e. The van der Waals surface area contributed by atoms with Crippen LogP contribution >= 0.6 is 11.6 Å². The lowest BCUT2D eigenvalue weighted by molar-refractivity contribution is -0.117. The van der Waals surface area contributed by atoms with E-state index in [2.05, 4.69) is 5.32 Å². The van der Waals surface area contributed by atoms with Crippen molar-refractivity contribution < 1.29 is 18.0 Å². The molecule has 2 amide bonds. The van der Waals surface area contributed by atoms with Crippen LogP contribution in [0.2, 0.25) is 5.02 Å². The van der Waals surface area contributed by atoms with E-state index in [4.69, 9.17) is 11.6 Å². The first kappa shape index (κ1) is 21.3. The number of anilines is 2. The van der Waals surface area contributed by atoms with E-state index in [9.17, 15) is 18.0 Å². The second-order valence-electron chi connectivity index (χ2n) is 7.35. The van der Waals surface area contributed by atoms with Crippen molar-refractivity contribution in [1.82, 2.24) is 0 Å². The van der Waals surface area contributed by atoms with Gasteiger partial charge in [0, 0.05) is 35.8 Å². The minimum atomic E-state index is -3.70. The summed E-state index contributed by atoms with van der Waals surface area (Å²) in [5, 5.41) is 2.34. The maximum atomic E-state index is 13.0. The Labute approximate surface area is 175 Å². The van der Waals surface area contributed by atoms with Gasteiger partial charge in [-0.1, -0.05) is 11.6 Å². The van der Waals surface area contributed by atoms with E-state index >= 15 is 0 Å². The molecule has 0 aromatic heterocycles. The van der Waals surface area contributed by atoms with Crippen molar-refractivity contribution in [3.63, 3.8) is 0 Å². The van der Waals surface area contributed by atoms with Gasteiger partial charge in [-0.25, -0.2) is 8.42 Å². The van der Waals surface area contributed by atoms with Crippen molar-refractivity contribution in [3.8, 4) is 0 Å². The standard InChI is InChI=1S/C21H23ClN2O4S/c1-13-10-16-12-19(8-9-20(16)24(13)15(3)25)29(27,28)14(2)11-21(26)23-18-6-4-17(22)5-7-18/h4-9,12-14H,10-11H2,1-3H3,(H,23,26)/t13-,14-/m1/s1. The van der Waals surface area contributed by atoms with Gasteiger partial charge in [0.25, 0.3) is 0 Å². The number of sulfone groups is 1. The molecule has 8 heteroatoms. The van der Waals surface area contributed by atoms with Crippen LogP contribution in [0.4, 0.5) is 11.4 Å². The Morgan fingerprint density at radius 2 is 1.86 bits per heavy atom. The molecule has 0 fully saturated rings. The molecule has 3 rings (SSSR count). The first-order chi connectivity index (χ1) is 13.6. The zero-order valence-electron chi connectivity index (χ0n) is 16.5. The summed E-state index contributed by atoms with van der Waals surface area (Å²) in [5.74, 6) is -0.458. The predicted molar refractivity (Wildman–Crippen MR) is 114 cm³/mol. The highest BCUT2D eigenvalue weighted by molar-refractivity contribution is 7.92. The van der Waals surface area contributed by atoms with E-state index in [0.29, 0.717) is 17.1 Å². The van der Waals surface area contributed by atoms with Gasteiger partial charge in [0.2, 0.25) is 11.8 Å². The van der Waals surface area contributed by atoms with Crippen LogP contribution in [-0.4, -0.2) is 31.5 Å². The number of carbonyl (C=O) groups is 2. The second-order valence-corrected chi connectivity index (χ2v) is 10.2. The van der Waals surface area contributed by atoms with Crippen molar-refractivity contribution in [1.29, 1.82) is 0 Å². The number of hydrogen-bond donors (Lipinski definition) is 1. The van der Waals surface area contributed by atoms with E-state index in [-0.39, 0.29) is 29.2 Å². The van der Waals surface area contributed by atoms with Gasteiger partial charge >= 0.3 is 0 Å². The molecule has 0 bridgehead atoms. The summed E-state index contributed by atoms with van der Waals surface area (Å²) < 4.78 is 26.0. The number of rotatable bonds is 5. The third-order valence-corrected chi connectivity index (χ3v) is 7.45. The van der Waals surface area contributed by atoms with Gasteiger partial charge in [-0.3, -0.25) is 9.59 Å². The number of halogens is 1. The molecule has 2 aromatic carbocycles. The molecule has 0 radical (unpaired) electrons. The zero-order valence-corrected chi connectivity index (χ0v) is 18.0. The molecule has 29 heavy (non-hydrogen) atoms. The number of hydrogen-bond acceptors (Lipinski definition) is 4. The maximum Gasteiger partial charge on any atom is 0.225 e. The fourth-order valence-electron chi connectivity index (χ4n) is 3.61. The third-order valence-electron chi connectivity index (χ3n) is 5.06. The van der Waals surface area contributed by atoms with Crippen molar-refractivity contribution >= 4 is 44.6 Å². The Bertz CT molecular complexity index is 1050. The number of carbonyl (C=O) groups excluding carboxylic acids is 2. The Morgan fingerprint density at radius 3 is 2.48 bits per heavy atom. The number of fused-ring (bicyclic) bond motifs is 1. The molecule has 2 aromatic rings. The minimum absolute atomic E-state index is 0.0111. The monoisotopic (exact) mass is 434 g/mol. The van der Waals surface area contributed by atoms with Crippen LogP contribution in [0.1, 0.15) is 32.8 Å². The lowest BCUT2D eigenvalue weighted by atomic mass is 10.1. The quantitative estimate of drug-likeness (QED) is 0.775. The van der Waals surface area contributed by atoms with Gasteiger partial charge in [0.15, 0.2) is 9.84 Å². The minimum Gasteiger partial charge on any atom is -0.326 e. The Morgan fingerprint density at radius 1 is 1.21 bits per heavy atom. The highest BCUT2D eigenvalue weighted by Gasteiger charge is 2.32. The Kier molecular flexibility index (Phi) is 6.00. The van der Waals surface area contributed by atoms with E-state index in [1.807, 2.05) is 6.92 Å². The predicted octanol–water partition coefficient (Wildman–Crippen LogP) is 3.83. The van der Waals surface area contributed by atoms with Crippen molar-refractivity contribution in [3.05, 3.63) is 53.1 Å². The number of amides is 2.